The number of benzene rings is 1. The molecule has 0 saturated heterocycles. The Morgan fingerprint density at radius 2 is 2.00 bits per heavy atom. The van der Waals surface area contributed by atoms with Gasteiger partial charge in [0.15, 0.2) is 0 Å². The molecule has 7 heteroatoms. The number of aromatic nitrogens is 2. The Morgan fingerprint density at radius 3 is 2.64 bits per heavy atom. The van der Waals surface area contributed by atoms with Gasteiger partial charge in [0.2, 0.25) is 10.0 Å². The molecule has 0 bridgehead atoms. The lowest BCUT2D eigenvalue weighted by atomic mass is 9.74. The van der Waals surface area contributed by atoms with Crippen molar-refractivity contribution in [1.29, 1.82) is 0 Å². The molecule has 0 spiro atoms. The maximum Gasteiger partial charge on any atom is 0.212 e. The van der Waals surface area contributed by atoms with Crippen LogP contribution in [0.25, 0.3) is 5.69 Å². The van der Waals surface area contributed by atoms with Crippen LogP contribution in [0, 0.1) is 11.2 Å². The van der Waals surface area contributed by atoms with E-state index in [-0.39, 0.29) is 23.0 Å². The maximum absolute atomic E-state index is 13.2. The van der Waals surface area contributed by atoms with E-state index in [0.717, 1.165) is 29.8 Å². The lowest BCUT2D eigenvalue weighted by Crippen LogP contribution is -2.37. The highest BCUT2D eigenvalue weighted by Gasteiger charge is 2.36. The number of hydrogen-bond acceptors (Lipinski definition) is 3. The van der Waals surface area contributed by atoms with Gasteiger partial charge in [0.25, 0.3) is 0 Å². The third-order valence-corrected chi connectivity index (χ3v) is 6.13. The minimum absolute atomic E-state index is 0.0653. The summed E-state index contributed by atoms with van der Waals surface area (Å²) in [6.07, 6.45) is 3.81. The van der Waals surface area contributed by atoms with Crippen LogP contribution in [0.5, 0.6) is 0 Å². The summed E-state index contributed by atoms with van der Waals surface area (Å²) in [5.74, 6) is -0.180. The smallest absolute Gasteiger partial charge is 0.212 e. The van der Waals surface area contributed by atoms with Crippen LogP contribution in [0.2, 0.25) is 0 Å². The van der Waals surface area contributed by atoms with E-state index in [1.807, 2.05) is 6.92 Å². The molecular formula is C18H24FN3O2S. The third kappa shape index (κ3) is 3.93. The Balaban J connectivity index is 2.00. The highest BCUT2D eigenvalue weighted by Crippen LogP contribution is 2.41. The summed E-state index contributed by atoms with van der Waals surface area (Å²) < 4.78 is 42.3. The SMILES string of the molecule is CCCS(=O)(=O)N[C@@H]1CC(C)(C)Cc2c1cnn2-c1ccc(F)cc1. The summed E-state index contributed by atoms with van der Waals surface area (Å²) in [4.78, 5) is 0. The molecule has 0 fully saturated rings. The van der Waals surface area contributed by atoms with Crippen LogP contribution in [-0.2, 0) is 16.4 Å². The normalized spacial score (nSPS) is 19.6. The second kappa shape index (κ2) is 6.53. The van der Waals surface area contributed by atoms with E-state index < -0.39 is 10.0 Å². The van der Waals surface area contributed by atoms with Crippen LogP contribution < -0.4 is 4.72 Å². The van der Waals surface area contributed by atoms with Crippen molar-refractivity contribution in [2.24, 2.45) is 5.41 Å². The first-order valence-corrected chi connectivity index (χ1v) is 10.2. The monoisotopic (exact) mass is 365 g/mol. The molecule has 1 aromatic heterocycles. The van der Waals surface area contributed by atoms with Crippen LogP contribution in [0.3, 0.4) is 0 Å². The molecule has 1 heterocycles. The van der Waals surface area contributed by atoms with Gasteiger partial charge in [0, 0.05) is 11.3 Å². The quantitative estimate of drug-likeness (QED) is 0.884. The summed E-state index contributed by atoms with van der Waals surface area (Å²) in [7, 11) is -3.32. The highest BCUT2D eigenvalue weighted by molar-refractivity contribution is 7.89. The number of fused-ring (bicyclic) bond motifs is 1. The fraction of sp³-hybridized carbons (Fsp3) is 0.500. The van der Waals surface area contributed by atoms with Gasteiger partial charge in [0.05, 0.1) is 23.7 Å². The zero-order valence-electron chi connectivity index (χ0n) is 14.8. The molecule has 0 amide bonds. The molecule has 0 radical (unpaired) electrons. The van der Waals surface area contributed by atoms with Crippen molar-refractivity contribution in [3.05, 3.63) is 47.5 Å². The minimum atomic E-state index is -3.32. The highest BCUT2D eigenvalue weighted by atomic mass is 32.2. The molecule has 1 aliphatic rings. The van der Waals surface area contributed by atoms with E-state index in [1.54, 1.807) is 23.0 Å². The first kappa shape index (κ1) is 18.1. The number of nitrogens with zero attached hydrogens (tertiary/aromatic N) is 2. The van der Waals surface area contributed by atoms with Gasteiger partial charge in [0.1, 0.15) is 5.82 Å². The predicted octanol–water partition coefficient (Wildman–Crippen LogP) is 3.35. The largest absolute Gasteiger partial charge is 0.237 e. The molecule has 0 aliphatic heterocycles. The van der Waals surface area contributed by atoms with Gasteiger partial charge in [-0.05, 0) is 48.9 Å². The standard InChI is InChI=1S/C18H24FN3O2S/c1-4-9-25(23,24)21-16-10-18(2,3)11-17-15(16)12-20-22(17)14-7-5-13(19)6-8-14/h5-8,12,16,21H,4,9-11H2,1-3H3/t16-/m1/s1. The van der Waals surface area contributed by atoms with E-state index in [0.29, 0.717) is 6.42 Å². The first-order chi connectivity index (χ1) is 11.7. The molecular weight excluding hydrogens is 341 g/mol. The molecule has 1 atom stereocenters. The third-order valence-electron chi connectivity index (χ3n) is 4.55. The van der Waals surface area contributed by atoms with Gasteiger partial charge in [-0.3, -0.25) is 0 Å². The summed E-state index contributed by atoms with van der Waals surface area (Å²) >= 11 is 0. The van der Waals surface area contributed by atoms with Crippen LogP contribution in [0.1, 0.15) is 50.9 Å². The van der Waals surface area contributed by atoms with Crippen molar-refractivity contribution in [2.75, 3.05) is 5.75 Å². The van der Waals surface area contributed by atoms with Crippen molar-refractivity contribution in [3.63, 3.8) is 0 Å². The molecule has 1 aliphatic carbocycles. The minimum Gasteiger partial charge on any atom is -0.237 e. The second-order valence-electron chi connectivity index (χ2n) is 7.47. The molecule has 0 unspecified atom stereocenters. The summed E-state index contributed by atoms with van der Waals surface area (Å²) in [5.41, 5.74) is 2.59. The van der Waals surface area contributed by atoms with Crippen molar-refractivity contribution in [2.45, 2.75) is 46.1 Å². The van der Waals surface area contributed by atoms with E-state index in [4.69, 9.17) is 0 Å². The van der Waals surface area contributed by atoms with Crippen molar-refractivity contribution < 1.29 is 12.8 Å². The molecule has 136 valence electrons. The van der Waals surface area contributed by atoms with Gasteiger partial charge in [-0.15, -0.1) is 0 Å². The zero-order chi connectivity index (χ0) is 18.2. The van der Waals surface area contributed by atoms with Crippen LogP contribution in [-0.4, -0.2) is 24.0 Å². The van der Waals surface area contributed by atoms with Gasteiger partial charge in [-0.25, -0.2) is 22.2 Å². The average molecular weight is 365 g/mol. The Kier molecular flexibility index (Phi) is 4.72. The number of halogens is 1. The van der Waals surface area contributed by atoms with Gasteiger partial charge in [-0.2, -0.15) is 5.10 Å². The van der Waals surface area contributed by atoms with E-state index in [2.05, 4.69) is 23.7 Å². The fourth-order valence-corrected chi connectivity index (χ4v) is 4.80. The van der Waals surface area contributed by atoms with Gasteiger partial charge in [-0.1, -0.05) is 20.8 Å². The van der Waals surface area contributed by atoms with Crippen LogP contribution >= 0.6 is 0 Å². The summed E-state index contributed by atoms with van der Waals surface area (Å²) in [6, 6.07) is 5.88. The number of nitrogens with one attached hydrogen (secondary N) is 1. The summed E-state index contributed by atoms with van der Waals surface area (Å²) in [6.45, 7) is 6.10. The Hall–Kier alpha value is -1.73. The lowest BCUT2D eigenvalue weighted by Gasteiger charge is -2.35. The molecule has 25 heavy (non-hydrogen) atoms. The lowest BCUT2D eigenvalue weighted by molar-refractivity contribution is 0.268. The number of sulfonamides is 1. The topological polar surface area (TPSA) is 64.0 Å². The Labute approximate surface area is 148 Å². The zero-order valence-corrected chi connectivity index (χ0v) is 15.6. The molecule has 5 nitrogen and oxygen atoms in total. The van der Waals surface area contributed by atoms with Gasteiger partial charge < -0.3 is 0 Å². The van der Waals surface area contributed by atoms with Crippen molar-refractivity contribution in [1.82, 2.24) is 14.5 Å². The van der Waals surface area contributed by atoms with Crippen molar-refractivity contribution >= 4 is 10.0 Å². The van der Waals surface area contributed by atoms with Crippen LogP contribution in [0.15, 0.2) is 30.5 Å². The maximum atomic E-state index is 13.2. The van der Waals surface area contributed by atoms with Crippen LogP contribution in [0.4, 0.5) is 4.39 Å². The Morgan fingerprint density at radius 1 is 1.32 bits per heavy atom. The Bertz CT molecular complexity index is 857. The average Bonchev–Trinajstić information content (AvgIpc) is 2.90. The second-order valence-corrected chi connectivity index (χ2v) is 9.34. The van der Waals surface area contributed by atoms with Gasteiger partial charge >= 0.3 is 0 Å². The molecule has 2 aromatic rings. The van der Waals surface area contributed by atoms with E-state index >= 15 is 0 Å². The van der Waals surface area contributed by atoms with Crippen molar-refractivity contribution in [3.8, 4) is 5.69 Å². The fourth-order valence-electron chi connectivity index (χ4n) is 3.50. The summed E-state index contributed by atoms with van der Waals surface area (Å²) in [5, 5.41) is 4.45. The number of hydrogen-bond donors (Lipinski definition) is 1. The molecule has 0 saturated carbocycles. The first-order valence-electron chi connectivity index (χ1n) is 8.53. The van der Waals surface area contributed by atoms with E-state index in [1.165, 1.54) is 12.1 Å². The molecule has 1 N–H and O–H groups in total. The molecule has 1 aromatic carbocycles. The van der Waals surface area contributed by atoms with E-state index in [9.17, 15) is 12.8 Å². The predicted molar refractivity (Wildman–Crippen MR) is 95.6 cm³/mol. The molecule has 3 rings (SSSR count). The number of rotatable bonds is 5.